The molecule has 0 aliphatic heterocycles. The average molecular weight is 1410 g/mol. The molecule has 14 rings (SSSR count). The number of hydrogen-bond donors (Lipinski definition) is 3. The van der Waals surface area contributed by atoms with E-state index in [9.17, 15) is 14.7 Å². The van der Waals surface area contributed by atoms with Gasteiger partial charge in [0.2, 0.25) is 0 Å². The number of aryl methyl sites for hydroxylation is 6. The van der Waals surface area contributed by atoms with Gasteiger partial charge in [0.1, 0.15) is 23.3 Å². The summed E-state index contributed by atoms with van der Waals surface area (Å²) in [5, 5.41) is 29.9. The first-order chi connectivity index (χ1) is 47.5. The first kappa shape index (κ1) is 72.7. The number of aromatic nitrogens is 8. The number of benzene rings is 10. The maximum atomic E-state index is 13.0. The third-order valence-corrected chi connectivity index (χ3v) is 17.8. The van der Waals surface area contributed by atoms with Crippen molar-refractivity contribution in [1.29, 1.82) is 0 Å². The molecule has 0 saturated carbocycles. The van der Waals surface area contributed by atoms with Gasteiger partial charge in [-0.2, -0.15) is 0 Å². The number of carboxylic acid groups (broad SMARTS) is 2. The minimum absolute atomic E-state index is 0. The maximum absolute atomic E-state index is 13.0. The molecule has 0 aliphatic rings. The van der Waals surface area contributed by atoms with Crippen molar-refractivity contribution in [2.75, 3.05) is 13.1 Å². The molecule has 14 aromatic rings. The number of aliphatic hydroxyl groups excluding tert-OH is 1. The molecule has 0 fully saturated rings. The van der Waals surface area contributed by atoms with E-state index < -0.39 is 18.0 Å². The van der Waals surface area contributed by atoms with E-state index >= 15 is 0 Å². The molecule has 10 aromatic carbocycles. The summed E-state index contributed by atoms with van der Waals surface area (Å²) in [5.74, 6) is 1.96. The molecule has 4 aromatic heterocycles. The van der Waals surface area contributed by atoms with Crippen LogP contribution in [0.1, 0.15) is 99.6 Å². The minimum Gasteiger partial charge on any atom is -0.478 e. The molecule has 0 amide bonds. The second kappa shape index (κ2) is 33.7. The number of nitrogens with zero attached hydrogens (tertiary/aromatic N) is 10. The van der Waals surface area contributed by atoms with E-state index in [1.165, 1.54) is 44.5 Å². The van der Waals surface area contributed by atoms with Crippen LogP contribution in [0.3, 0.4) is 0 Å². The van der Waals surface area contributed by atoms with E-state index in [0.717, 1.165) is 78.6 Å². The SMILES string of the molecule is Cc1ccc(C(=O)O)cc1.Cc1ccc(C(=O)O)cc1.Cc1ccc(Cn2c(CN(Cc3nc4ccccc4n3Cc3ccc(C)cc3)CC(O)CN(Cc3nc4ccccc4n3Cc3ccc(C)cc3)Cc3nc4ccccc4n3Cc3ccc(C)cc3)nc3ccccc32)cc1.[Mn].[Mn]. The largest absolute Gasteiger partial charge is 0.478 e. The van der Waals surface area contributed by atoms with Gasteiger partial charge < -0.3 is 33.6 Å². The smallest absolute Gasteiger partial charge is 0.335 e. The summed E-state index contributed by atoms with van der Waals surface area (Å²) < 4.78 is 9.38. The van der Waals surface area contributed by atoms with E-state index in [0.29, 0.717) is 76.6 Å². The molecule has 4 heterocycles. The van der Waals surface area contributed by atoms with Crippen LogP contribution in [0.2, 0.25) is 0 Å². The predicted molar refractivity (Wildman–Crippen MR) is 391 cm³/mol. The Morgan fingerprint density at radius 3 is 0.730 bits per heavy atom. The molecule has 508 valence electrons. The number of rotatable bonds is 22. The molecule has 3 N–H and O–H groups in total. The van der Waals surface area contributed by atoms with Gasteiger partial charge in [0.25, 0.3) is 0 Å². The quantitative estimate of drug-likeness (QED) is 0.0551. The number of hydrogen-bond acceptors (Lipinski definition) is 9. The predicted octanol–water partition coefficient (Wildman–Crippen LogP) is 16.0. The van der Waals surface area contributed by atoms with Gasteiger partial charge >= 0.3 is 11.9 Å². The molecule has 0 aliphatic carbocycles. The fourth-order valence-corrected chi connectivity index (χ4v) is 12.4. The molecule has 0 unspecified atom stereocenters. The maximum Gasteiger partial charge on any atom is 0.335 e. The Bertz CT molecular complexity index is 4460. The molecule has 100 heavy (non-hydrogen) atoms. The molecule has 17 heteroatoms. The first-order valence-electron chi connectivity index (χ1n) is 33.2. The Morgan fingerprint density at radius 1 is 0.320 bits per heavy atom. The van der Waals surface area contributed by atoms with Crippen molar-refractivity contribution in [3.8, 4) is 0 Å². The average Bonchev–Trinajstić information content (AvgIpc) is 1.66. The Kier molecular flexibility index (Phi) is 24.5. The monoisotopic (exact) mass is 1410 g/mol. The number of carbonyl (C=O) groups is 2. The van der Waals surface area contributed by atoms with E-state index in [-0.39, 0.29) is 34.1 Å². The number of carboxylic acids is 2. The van der Waals surface area contributed by atoms with Crippen LogP contribution in [0, 0.1) is 41.5 Å². The number of imidazole rings is 4. The number of fused-ring (bicyclic) bond motifs is 4. The molecule has 2 radical (unpaired) electrons. The standard InChI is InChI=1S/C67H66N10O.2C8H8O2.2Mn/c1-47-21-29-51(30-22-47)37-74-60-17-9-5-13-56(60)68-64(74)43-72(44-65-69-57-14-6-10-18-61(57)75(65)38-52-31-23-48(2)24-32-52)41-55(78)42-73(45-66-70-58-15-7-11-19-62(58)76(66)39-53-33-25-49(3)26-34-53)46-67-71-59-16-8-12-20-63(59)77(67)40-54-35-27-50(4)28-36-54;2*1-6-2-4-7(5-3-6)8(9)10;;/h5-36,55,78H,37-46H2,1-4H3;2*2-5H,1H3,(H,9,10);;. The van der Waals surface area contributed by atoms with Crippen molar-refractivity contribution in [2.24, 2.45) is 0 Å². The normalized spacial score (nSPS) is 11.2. The number of aliphatic hydroxyl groups is 1. The van der Waals surface area contributed by atoms with Crippen LogP contribution in [0.15, 0.2) is 243 Å². The number of para-hydroxylation sites is 8. The summed E-state index contributed by atoms with van der Waals surface area (Å²) in [7, 11) is 0. The molecule has 0 saturated heterocycles. The molecule has 0 spiro atoms. The zero-order valence-electron chi connectivity index (χ0n) is 57.1. The van der Waals surface area contributed by atoms with Gasteiger partial charge in [-0.25, -0.2) is 29.5 Å². The second-order valence-corrected chi connectivity index (χ2v) is 25.7. The molecular weight excluding hydrogens is 1330 g/mol. The summed E-state index contributed by atoms with van der Waals surface area (Å²) in [6, 6.07) is 82.2. The van der Waals surface area contributed by atoms with Gasteiger partial charge in [-0.1, -0.05) is 203 Å². The van der Waals surface area contributed by atoms with Crippen molar-refractivity contribution >= 4 is 56.1 Å². The Morgan fingerprint density at radius 2 is 0.520 bits per heavy atom. The van der Waals surface area contributed by atoms with Gasteiger partial charge in [0, 0.05) is 73.4 Å². The Hall–Kier alpha value is -10.1. The molecule has 15 nitrogen and oxygen atoms in total. The summed E-state index contributed by atoms with van der Waals surface area (Å²) in [4.78, 5) is 46.7. The van der Waals surface area contributed by atoms with Gasteiger partial charge in [0.05, 0.1) is 87.5 Å². The van der Waals surface area contributed by atoms with E-state index in [1.54, 1.807) is 48.5 Å². The summed E-state index contributed by atoms with van der Waals surface area (Å²) >= 11 is 0. The molecule has 0 bridgehead atoms. The van der Waals surface area contributed by atoms with Crippen molar-refractivity contribution in [3.63, 3.8) is 0 Å². The zero-order chi connectivity index (χ0) is 68.2. The van der Waals surface area contributed by atoms with Crippen molar-refractivity contribution in [2.45, 2.75) is 100 Å². The van der Waals surface area contributed by atoms with Crippen LogP contribution in [0.4, 0.5) is 0 Å². The first-order valence-corrected chi connectivity index (χ1v) is 33.2. The van der Waals surface area contributed by atoms with Crippen LogP contribution in [-0.4, -0.2) is 94.5 Å². The zero-order valence-corrected chi connectivity index (χ0v) is 59.5. The van der Waals surface area contributed by atoms with Gasteiger partial charge in [-0.3, -0.25) is 9.80 Å². The van der Waals surface area contributed by atoms with Gasteiger partial charge in [-0.15, -0.1) is 0 Å². The molecular formula is C83H82Mn2N10O5. The van der Waals surface area contributed by atoms with Crippen LogP contribution < -0.4 is 0 Å². The van der Waals surface area contributed by atoms with Crippen LogP contribution in [0.25, 0.3) is 44.1 Å². The van der Waals surface area contributed by atoms with E-state index in [1.807, 2.05) is 13.8 Å². The second-order valence-electron chi connectivity index (χ2n) is 25.7. The fourth-order valence-electron chi connectivity index (χ4n) is 12.4. The van der Waals surface area contributed by atoms with Crippen molar-refractivity contribution < 1.29 is 59.0 Å². The van der Waals surface area contributed by atoms with Crippen LogP contribution in [-0.2, 0) is 86.5 Å². The number of aromatic carboxylic acids is 2. The van der Waals surface area contributed by atoms with Crippen LogP contribution in [0.5, 0.6) is 0 Å². The van der Waals surface area contributed by atoms with Gasteiger partial charge in [-0.05, 0) is 137 Å². The van der Waals surface area contributed by atoms with E-state index in [4.69, 9.17) is 30.1 Å². The van der Waals surface area contributed by atoms with Gasteiger partial charge in [0.15, 0.2) is 0 Å². The van der Waals surface area contributed by atoms with E-state index in [2.05, 4.69) is 250 Å². The minimum atomic E-state index is -0.875. The Labute approximate surface area is 605 Å². The molecule has 0 atom stereocenters. The third kappa shape index (κ3) is 18.4. The third-order valence-electron chi connectivity index (χ3n) is 17.8. The van der Waals surface area contributed by atoms with Crippen molar-refractivity contribution in [3.05, 3.63) is 333 Å². The summed E-state index contributed by atoms with van der Waals surface area (Å²) in [6.07, 6.45) is -0.806. The van der Waals surface area contributed by atoms with Crippen LogP contribution >= 0.6 is 0 Å². The van der Waals surface area contributed by atoms with Crippen molar-refractivity contribution in [1.82, 2.24) is 48.0 Å². The summed E-state index contributed by atoms with van der Waals surface area (Å²) in [6.45, 7) is 17.6. The summed E-state index contributed by atoms with van der Waals surface area (Å²) in [5.41, 5.74) is 20.6. The topological polar surface area (TPSA) is 173 Å². The fraction of sp³-hybridized carbons (Fsp3) is 0.205. The Balaban J connectivity index is 0.000000423.